The first-order valence-electron chi connectivity index (χ1n) is 9.73. The van der Waals surface area contributed by atoms with E-state index in [0.29, 0.717) is 29.7 Å². The minimum absolute atomic E-state index is 0.129. The second-order valence-corrected chi connectivity index (χ2v) is 9.27. The highest BCUT2D eigenvalue weighted by atomic mass is 32.2. The molecule has 0 aliphatic rings. The Hall–Kier alpha value is -3.37. The lowest BCUT2D eigenvalue weighted by Crippen LogP contribution is -2.18. The van der Waals surface area contributed by atoms with Crippen molar-refractivity contribution in [2.24, 2.45) is 7.05 Å². The van der Waals surface area contributed by atoms with Crippen LogP contribution in [0.4, 0.5) is 5.82 Å². The summed E-state index contributed by atoms with van der Waals surface area (Å²) in [5, 5.41) is 6.86. The van der Waals surface area contributed by atoms with Crippen LogP contribution in [-0.2, 0) is 21.6 Å². The molecular formula is C22H25N3O6S. The molecule has 1 aromatic heterocycles. The van der Waals surface area contributed by atoms with Gasteiger partial charge in [0, 0.05) is 44.3 Å². The number of benzene rings is 2. The van der Waals surface area contributed by atoms with Gasteiger partial charge in [-0.3, -0.25) is 9.48 Å². The zero-order chi connectivity index (χ0) is 23.3. The maximum atomic E-state index is 12.8. The molecule has 2 aromatic carbocycles. The average Bonchev–Trinajstić information content (AvgIpc) is 3.12. The van der Waals surface area contributed by atoms with Crippen molar-refractivity contribution < 1.29 is 27.4 Å². The van der Waals surface area contributed by atoms with Crippen LogP contribution in [0.25, 0.3) is 0 Å². The van der Waals surface area contributed by atoms with Crippen molar-refractivity contribution in [3.05, 3.63) is 60.3 Å². The molecule has 3 aromatic rings. The van der Waals surface area contributed by atoms with Crippen LogP contribution in [0.1, 0.15) is 17.3 Å². The number of hydrogen-bond donors (Lipinski definition) is 1. The first-order chi connectivity index (χ1) is 15.1. The number of aromatic nitrogens is 2. The van der Waals surface area contributed by atoms with E-state index >= 15 is 0 Å². The number of hydrogen-bond acceptors (Lipinski definition) is 7. The van der Waals surface area contributed by atoms with E-state index in [2.05, 4.69) is 10.4 Å². The number of ether oxygens (including phenoxy) is 3. The maximum absolute atomic E-state index is 12.8. The molecule has 0 saturated heterocycles. The Bertz CT molecular complexity index is 1210. The van der Waals surface area contributed by atoms with Crippen molar-refractivity contribution >= 4 is 21.6 Å². The number of rotatable bonds is 9. The van der Waals surface area contributed by atoms with Gasteiger partial charge in [0.25, 0.3) is 5.91 Å². The highest BCUT2D eigenvalue weighted by Crippen LogP contribution is 2.29. The fourth-order valence-electron chi connectivity index (χ4n) is 2.91. The molecule has 1 heterocycles. The number of nitrogens with one attached hydrogen (secondary N) is 1. The van der Waals surface area contributed by atoms with Crippen LogP contribution < -0.4 is 14.8 Å². The topological polar surface area (TPSA) is 109 Å². The minimum atomic E-state index is -3.39. The van der Waals surface area contributed by atoms with E-state index in [9.17, 15) is 13.2 Å². The lowest BCUT2D eigenvalue weighted by molar-refractivity contribution is 0.0915. The van der Waals surface area contributed by atoms with E-state index in [4.69, 9.17) is 14.2 Å². The van der Waals surface area contributed by atoms with Crippen molar-refractivity contribution in [2.75, 3.05) is 25.3 Å². The molecule has 0 aliphatic heterocycles. The molecule has 0 unspecified atom stereocenters. The molecule has 0 fully saturated rings. The number of aryl methyl sites for hydroxylation is 1. The van der Waals surface area contributed by atoms with Crippen LogP contribution in [-0.4, -0.2) is 50.2 Å². The summed E-state index contributed by atoms with van der Waals surface area (Å²) in [6.07, 6.45) is 2.57. The average molecular weight is 460 g/mol. The molecule has 1 N–H and O–H groups in total. The molecule has 0 bridgehead atoms. The van der Waals surface area contributed by atoms with Gasteiger partial charge in [0.15, 0.2) is 15.7 Å². The molecular weight excluding hydrogens is 434 g/mol. The highest BCUT2D eigenvalue weighted by molar-refractivity contribution is 7.90. The van der Waals surface area contributed by atoms with Gasteiger partial charge < -0.3 is 19.5 Å². The van der Waals surface area contributed by atoms with Gasteiger partial charge in [-0.15, -0.1) is 0 Å². The monoisotopic (exact) mass is 459 g/mol. The second-order valence-electron chi connectivity index (χ2n) is 7.25. The lowest BCUT2D eigenvalue weighted by Gasteiger charge is -2.16. The van der Waals surface area contributed by atoms with Crippen LogP contribution in [0.5, 0.6) is 17.2 Å². The lowest BCUT2D eigenvalue weighted by atomic mass is 10.2. The third-order valence-corrected chi connectivity index (χ3v) is 5.42. The van der Waals surface area contributed by atoms with Crippen LogP contribution in [0.15, 0.2) is 59.6 Å². The van der Waals surface area contributed by atoms with Crippen LogP contribution in [0, 0.1) is 0 Å². The molecule has 10 heteroatoms. The van der Waals surface area contributed by atoms with E-state index in [1.165, 1.54) is 12.1 Å². The van der Waals surface area contributed by atoms with Crippen molar-refractivity contribution in [3.8, 4) is 17.2 Å². The molecule has 9 nitrogen and oxygen atoms in total. The normalized spacial score (nSPS) is 12.2. The molecule has 1 atom stereocenters. The fraction of sp³-hybridized carbons (Fsp3) is 0.273. The summed E-state index contributed by atoms with van der Waals surface area (Å²) in [6.45, 7) is 2.19. The highest BCUT2D eigenvalue weighted by Gasteiger charge is 2.15. The fourth-order valence-corrected chi connectivity index (χ4v) is 3.56. The number of carbonyl (C=O) groups excluding carboxylic acids is 1. The number of carbonyl (C=O) groups is 1. The molecule has 3 rings (SSSR count). The maximum Gasteiger partial charge on any atom is 0.257 e. The molecule has 0 saturated carbocycles. The van der Waals surface area contributed by atoms with E-state index < -0.39 is 15.7 Å². The van der Waals surface area contributed by atoms with Crippen molar-refractivity contribution in [2.45, 2.75) is 17.9 Å². The zero-order valence-corrected chi connectivity index (χ0v) is 19.0. The van der Waals surface area contributed by atoms with Crippen LogP contribution >= 0.6 is 0 Å². The summed E-state index contributed by atoms with van der Waals surface area (Å²) in [6, 6.07) is 12.5. The standard InChI is InChI=1S/C22H25N3O6S/c1-15(14-29-3)30-18-10-16(22(26)23-21-8-9-25(2)24-21)11-19(12-18)31-17-6-5-7-20(13-17)32(4,27)28/h5-13,15H,14H2,1-4H3,(H,23,24,26)/t15-/m0/s1. The minimum Gasteiger partial charge on any atom is -0.488 e. The predicted molar refractivity (Wildman–Crippen MR) is 119 cm³/mol. The van der Waals surface area contributed by atoms with Gasteiger partial charge in [-0.25, -0.2) is 8.42 Å². The number of sulfone groups is 1. The molecule has 0 spiro atoms. The van der Waals surface area contributed by atoms with E-state index in [0.717, 1.165) is 6.26 Å². The van der Waals surface area contributed by atoms with Gasteiger partial charge in [-0.1, -0.05) is 6.07 Å². The summed E-state index contributed by atoms with van der Waals surface area (Å²) in [7, 11) is -0.0766. The van der Waals surface area contributed by atoms with Gasteiger partial charge >= 0.3 is 0 Å². The van der Waals surface area contributed by atoms with Crippen LogP contribution in [0.3, 0.4) is 0 Å². The van der Waals surface area contributed by atoms with Gasteiger partial charge in [0.2, 0.25) is 0 Å². The van der Waals surface area contributed by atoms with Gasteiger partial charge in [-0.2, -0.15) is 5.10 Å². The number of nitrogens with zero attached hydrogens (tertiary/aromatic N) is 2. The third-order valence-electron chi connectivity index (χ3n) is 4.31. The smallest absolute Gasteiger partial charge is 0.257 e. The van der Waals surface area contributed by atoms with E-state index in [-0.39, 0.29) is 16.6 Å². The van der Waals surface area contributed by atoms with Crippen molar-refractivity contribution in [1.29, 1.82) is 0 Å². The Labute approximate surface area is 186 Å². The molecule has 1 amide bonds. The number of methoxy groups -OCH3 is 1. The first-order valence-corrected chi connectivity index (χ1v) is 11.6. The molecule has 0 radical (unpaired) electrons. The summed E-state index contributed by atoms with van der Waals surface area (Å²) < 4.78 is 42.1. The number of anilines is 1. The molecule has 32 heavy (non-hydrogen) atoms. The molecule has 0 aliphatic carbocycles. The van der Waals surface area contributed by atoms with Gasteiger partial charge in [0.05, 0.1) is 11.5 Å². The Morgan fingerprint density at radius 1 is 1.12 bits per heavy atom. The predicted octanol–water partition coefficient (Wildman–Crippen LogP) is 3.28. The van der Waals surface area contributed by atoms with Gasteiger partial charge in [-0.05, 0) is 37.3 Å². The summed E-state index contributed by atoms with van der Waals surface area (Å²) >= 11 is 0. The van der Waals surface area contributed by atoms with Crippen molar-refractivity contribution in [3.63, 3.8) is 0 Å². The third kappa shape index (κ3) is 6.32. The number of amides is 1. The Morgan fingerprint density at radius 3 is 2.53 bits per heavy atom. The summed E-state index contributed by atoms with van der Waals surface area (Å²) in [5.41, 5.74) is 0.284. The largest absolute Gasteiger partial charge is 0.488 e. The second kappa shape index (κ2) is 9.84. The van der Waals surface area contributed by atoms with E-state index in [1.54, 1.807) is 61.4 Å². The zero-order valence-electron chi connectivity index (χ0n) is 18.2. The van der Waals surface area contributed by atoms with Crippen LogP contribution in [0.2, 0.25) is 0 Å². The van der Waals surface area contributed by atoms with Gasteiger partial charge in [0.1, 0.15) is 23.4 Å². The summed E-state index contributed by atoms with van der Waals surface area (Å²) in [5.74, 6) is 1.02. The van der Waals surface area contributed by atoms with Crippen molar-refractivity contribution in [1.82, 2.24) is 9.78 Å². The Morgan fingerprint density at radius 2 is 1.88 bits per heavy atom. The van der Waals surface area contributed by atoms with E-state index in [1.807, 2.05) is 6.92 Å². The SMILES string of the molecule is COC[C@H](C)Oc1cc(Oc2cccc(S(C)(=O)=O)c2)cc(C(=O)Nc2ccn(C)n2)c1. The Balaban J connectivity index is 1.91. The first kappa shape index (κ1) is 23.3. The quantitative estimate of drug-likeness (QED) is 0.523. The summed E-state index contributed by atoms with van der Waals surface area (Å²) in [4.78, 5) is 12.9. The Kier molecular flexibility index (Phi) is 7.16. The molecule has 170 valence electrons.